The van der Waals surface area contributed by atoms with Gasteiger partial charge in [0.15, 0.2) is 5.69 Å². The zero-order chi connectivity index (χ0) is 13.9. The van der Waals surface area contributed by atoms with Crippen LogP contribution in [0.15, 0.2) is 21.6 Å². The number of carbonyl (C=O) groups is 1. The average Bonchev–Trinajstić information content (AvgIpc) is 2.21. The Morgan fingerprint density at radius 1 is 1.61 bits per heavy atom. The molecule has 0 saturated heterocycles. The fourth-order valence-corrected chi connectivity index (χ4v) is 1.89. The quantitative estimate of drug-likeness (QED) is 0.517. The number of hydrogen-bond acceptors (Lipinski definition) is 4. The normalized spacial score (nSPS) is 11.4. The number of carboxylic acids is 1. The van der Waals surface area contributed by atoms with Gasteiger partial charge < -0.3 is 5.11 Å². The van der Waals surface area contributed by atoms with Crippen LogP contribution in [-0.2, 0) is 4.79 Å². The summed E-state index contributed by atoms with van der Waals surface area (Å²) in [5.74, 6) is -1.06. The van der Waals surface area contributed by atoms with Gasteiger partial charge >= 0.3 is 11.7 Å². The molecule has 0 bridgehead atoms. The molecular weight excluding hydrogens is 327 g/mol. The van der Waals surface area contributed by atoms with Crippen LogP contribution in [0.4, 0.5) is 11.4 Å². The van der Waals surface area contributed by atoms with Gasteiger partial charge in [0, 0.05) is 5.71 Å². The van der Waals surface area contributed by atoms with Gasteiger partial charge in [-0.05, 0) is 35.0 Å². The molecule has 0 spiro atoms. The van der Waals surface area contributed by atoms with E-state index in [1.165, 1.54) is 19.1 Å². The zero-order valence-electron chi connectivity index (χ0n) is 9.18. The first-order valence-electron chi connectivity index (χ1n) is 4.71. The van der Waals surface area contributed by atoms with Crippen molar-refractivity contribution in [2.45, 2.75) is 13.3 Å². The summed E-state index contributed by atoms with van der Waals surface area (Å²) in [6.45, 7) is 1.48. The maximum atomic E-state index is 10.9. The standard InChI is InChI=1S/C10H8BrClN2O4/c1-5(4-8(15)16)13-9-6(11)2-3-7(12)10(9)14(17)18/h2-3H,4H2,1H3,(H,15,16)/b13-5-. The number of nitro benzene ring substituents is 1. The van der Waals surface area contributed by atoms with Crippen molar-refractivity contribution < 1.29 is 14.8 Å². The lowest BCUT2D eigenvalue weighted by Crippen LogP contribution is -2.02. The summed E-state index contributed by atoms with van der Waals surface area (Å²) in [6.07, 6.45) is -0.296. The molecule has 0 amide bonds. The molecule has 8 heteroatoms. The first-order chi connectivity index (χ1) is 8.32. The van der Waals surface area contributed by atoms with Gasteiger partial charge in [0.05, 0.1) is 15.8 Å². The molecule has 0 aliphatic carbocycles. The molecule has 1 N–H and O–H groups in total. The summed E-state index contributed by atoms with van der Waals surface area (Å²) in [6, 6.07) is 2.89. The second-order valence-electron chi connectivity index (χ2n) is 3.40. The molecule has 0 aromatic heterocycles. The third-order valence-electron chi connectivity index (χ3n) is 1.95. The molecular formula is C10H8BrClN2O4. The van der Waals surface area contributed by atoms with Crippen LogP contribution < -0.4 is 0 Å². The van der Waals surface area contributed by atoms with Crippen LogP contribution in [0.1, 0.15) is 13.3 Å². The number of hydrogen-bond donors (Lipinski definition) is 1. The number of rotatable bonds is 4. The third-order valence-corrected chi connectivity index (χ3v) is 2.89. The number of carboxylic acid groups (broad SMARTS) is 1. The monoisotopic (exact) mass is 334 g/mol. The minimum absolute atomic E-state index is 0.0197. The van der Waals surface area contributed by atoms with Crippen molar-refractivity contribution in [1.82, 2.24) is 0 Å². The highest BCUT2D eigenvalue weighted by Crippen LogP contribution is 2.40. The molecule has 0 radical (unpaired) electrons. The Hall–Kier alpha value is -1.47. The highest BCUT2D eigenvalue weighted by molar-refractivity contribution is 9.10. The lowest BCUT2D eigenvalue weighted by Gasteiger charge is -2.03. The molecule has 0 atom stereocenters. The molecule has 96 valence electrons. The number of aliphatic imine (C=N–C) groups is 1. The molecule has 1 rings (SSSR count). The van der Waals surface area contributed by atoms with Crippen molar-refractivity contribution in [2.75, 3.05) is 0 Å². The number of aliphatic carboxylic acids is 1. The fraction of sp³-hybridized carbons (Fsp3) is 0.200. The SMILES string of the molecule is C/C(CC(=O)O)=N/c1c(Br)ccc(Cl)c1[N+](=O)[O-]. The van der Waals surface area contributed by atoms with Crippen LogP contribution in [0, 0.1) is 10.1 Å². The van der Waals surface area contributed by atoms with Gasteiger partial charge in [-0.25, -0.2) is 4.99 Å². The van der Waals surface area contributed by atoms with Gasteiger partial charge in [0.1, 0.15) is 5.02 Å². The van der Waals surface area contributed by atoms with E-state index in [1.54, 1.807) is 0 Å². The Labute approximate surface area is 116 Å². The highest BCUT2D eigenvalue weighted by Gasteiger charge is 2.21. The van der Waals surface area contributed by atoms with Gasteiger partial charge in [-0.3, -0.25) is 14.9 Å². The van der Waals surface area contributed by atoms with E-state index in [-0.39, 0.29) is 28.5 Å². The van der Waals surface area contributed by atoms with Crippen LogP contribution in [0.25, 0.3) is 0 Å². The molecule has 0 aliphatic rings. The number of halogens is 2. The second-order valence-corrected chi connectivity index (χ2v) is 4.66. The second kappa shape index (κ2) is 5.92. The van der Waals surface area contributed by atoms with Crippen LogP contribution in [-0.4, -0.2) is 21.7 Å². The number of nitro groups is 1. The number of benzene rings is 1. The van der Waals surface area contributed by atoms with Crippen molar-refractivity contribution in [3.05, 3.63) is 31.7 Å². The topological polar surface area (TPSA) is 92.8 Å². The summed E-state index contributed by atoms with van der Waals surface area (Å²) in [5, 5.41) is 19.5. The molecule has 1 aromatic carbocycles. The van der Waals surface area contributed by atoms with E-state index >= 15 is 0 Å². The summed E-state index contributed by atoms with van der Waals surface area (Å²) in [7, 11) is 0. The van der Waals surface area contributed by atoms with Crippen LogP contribution >= 0.6 is 27.5 Å². The van der Waals surface area contributed by atoms with Crippen LogP contribution in [0.2, 0.25) is 5.02 Å². The van der Waals surface area contributed by atoms with Gasteiger partial charge in [0.25, 0.3) is 0 Å². The smallest absolute Gasteiger partial charge is 0.314 e. The van der Waals surface area contributed by atoms with Crippen molar-refractivity contribution in [2.24, 2.45) is 4.99 Å². The lowest BCUT2D eigenvalue weighted by atomic mass is 10.2. The van der Waals surface area contributed by atoms with Crippen molar-refractivity contribution in [1.29, 1.82) is 0 Å². The average molecular weight is 336 g/mol. The summed E-state index contributed by atoms with van der Waals surface area (Å²) >= 11 is 8.86. The summed E-state index contributed by atoms with van der Waals surface area (Å²) in [5.41, 5.74) is -0.0874. The molecule has 6 nitrogen and oxygen atoms in total. The minimum Gasteiger partial charge on any atom is -0.481 e. The molecule has 0 fully saturated rings. The van der Waals surface area contributed by atoms with Crippen LogP contribution in [0.3, 0.4) is 0 Å². The summed E-state index contributed by atoms with van der Waals surface area (Å²) in [4.78, 5) is 24.7. The van der Waals surface area contributed by atoms with Gasteiger partial charge in [0.2, 0.25) is 0 Å². The van der Waals surface area contributed by atoms with Gasteiger partial charge in [-0.1, -0.05) is 11.6 Å². The first-order valence-corrected chi connectivity index (χ1v) is 5.88. The first kappa shape index (κ1) is 14.6. The Bertz CT molecular complexity index is 545. The molecule has 18 heavy (non-hydrogen) atoms. The van der Waals surface area contributed by atoms with Gasteiger partial charge in [-0.15, -0.1) is 0 Å². The molecule has 0 saturated carbocycles. The largest absolute Gasteiger partial charge is 0.481 e. The van der Waals surface area contributed by atoms with Crippen molar-refractivity contribution in [3.63, 3.8) is 0 Å². The Morgan fingerprint density at radius 2 is 2.22 bits per heavy atom. The third kappa shape index (κ3) is 3.51. The maximum absolute atomic E-state index is 10.9. The lowest BCUT2D eigenvalue weighted by molar-refractivity contribution is -0.383. The maximum Gasteiger partial charge on any atom is 0.314 e. The predicted octanol–water partition coefficient (Wildman–Crippen LogP) is 3.58. The Kier molecular flexibility index (Phi) is 4.80. The Morgan fingerprint density at radius 3 is 2.72 bits per heavy atom. The predicted molar refractivity (Wildman–Crippen MR) is 70.8 cm³/mol. The molecule has 0 unspecified atom stereocenters. The van der Waals surface area contributed by atoms with E-state index in [0.717, 1.165) is 0 Å². The van der Waals surface area contributed by atoms with Crippen molar-refractivity contribution in [3.8, 4) is 0 Å². The zero-order valence-corrected chi connectivity index (χ0v) is 11.5. The summed E-state index contributed by atoms with van der Waals surface area (Å²) < 4.78 is 0.378. The minimum atomic E-state index is -1.06. The molecule has 1 aromatic rings. The number of nitrogens with zero attached hydrogens (tertiary/aromatic N) is 2. The van der Waals surface area contributed by atoms with E-state index in [4.69, 9.17) is 16.7 Å². The van der Waals surface area contributed by atoms with E-state index in [9.17, 15) is 14.9 Å². The fourth-order valence-electron chi connectivity index (χ4n) is 1.26. The van der Waals surface area contributed by atoms with E-state index in [1.807, 2.05) is 0 Å². The van der Waals surface area contributed by atoms with E-state index in [2.05, 4.69) is 20.9 Å². The van der Waals surface area contributed by atoms with Crippen molar-refractivity contribution >= 4 is 50.6 Å². The molecule has 0 aliphatic heterocycles. The Balaban J connectivity index is 3.35. The highest BCUT2D eigenvalue weighted by atomic mass is 79.9. The van der Waals surface area contributed by atoms with Gasteiger partial charge in [-0.2, -0.15) is 0 Å². The van der Waals surface area contributed by atoms with Crippen LogP contribution in [0.5, 0.6) is 0 Å². The van der Waals surface area contributed by atoms with E-state index < -0.39 is 10.9 Å². The van der Waals surface area contributed by atoms with E-state index in [0.29, 0.717) is 4.47 Å². The molecule has 0 heterocycles.